The van der Waals surface area contributed by atoms with Gasteiger partial charge in [-0.3, -0.25) is 5.84 Å². The standard InChI is InChI=1S/C13H13F3N2OS/c1-8-2-7-11(20-8)12(18-17)9-3-5-10(6-4-9)19-13(14,15)16/h2-7,12,18H,17H2,1H3. The summed E-state index contributed by atoms with van der Waals surface area (Å²) in [6.45, 7) is 1.97. The highest BCUT2D eigenvalue weighted by atomic mass is 32.1. The van der Waals surface area contributed by atoms with Gasteiger partial charge in [-0.15, -0.1) is 24.5 Å². The number of ether oxygens (including phenoxy) is 1. The molecule has 7 heteroatoms. The minimum Gasteiger partial charge on any atom is -0.406 e. The first-order chi connectivity index (χ1) is 9.39. The molecule has 0 saturated heterocycles. The van der Waals surface area contributed by atoms with Crippen molar-refractivity contribution in [2.45, 2.75) is 19.3 Å². The molecule has 0 bridgehead atoms. The molecule has 1 aromatic carbocycles. The van der Waals surface area contributed by atoms with Gasteiger partial charge in [-0.2, -0.15) is 0 Å². The molecule has 3 N–H and O–H groups in total. The van der Waals surface area contributed by atoms with Gasteiger partial charge in [0, 0.05) is 9.75 Å². The quantitative estimate of drug-likeness (QED) is 0.671. The molecule has 3 nitrogen and oxygen atoms in total. The van der Waals surface area contributed by atoms with Crippen molar-refractivity contribution in [1.82, 2.24) is 5.43 Å². The van der Waals surface area contributed by atoms with E-state index in [1.54, 1.807) is 23.5 Å². The lowest BCUT2D eigenvalue weighted by Gasteiger charge is -2.15. The lowest BCUT2D eigenvalue weighted by Crippen LogP contribution is -2.28. The second kappa shape index (κ2) is 5.82. The van der Waals surface area contributed by atoms with E-state index >= 15 is 0 Å². The van der Waals surface area contributed by atoms with Gasteiger partial charge in [0.1, 0.15) is 5.75 Å². The van der Waals surface area contributed by atoms with E-state index in [-0.39, 0.29) is 11.8 Å². The number of aryl methyl sites for hydroxylation is 1. The minimum absolute atomic E-state index is 0.251. The Morgan fingerprint density at radius 3 is 2.25 bits per heavy atom. The summed E-state index contributed by atoms with van der Waals surface area (Å²) in [5, 5.41) is 0. The highest BCUT2D eigenvalue weighted by molar-refractivity contribution is 7.12. The van der Waals surface area contributed by atoms with Crippen LogP contribution in [0.25, 0.3) is 0 Å². The summed E-state index contributed by atoms with van der Waals surface area (Å²) < 4.78 is 40.1. The van der Waals surface area contributed by atoms with E-state index in [1.807, 2.05) is 19.1 Å². The van der Waals surface area contributed by atoms with Gasteiger partial charge >= 0.3 is 6.36 Å². The summed E-state index contributed by atoms with van der Waals surface area (Å²) in [4.78, 5) is 2.13. The van der Waals surface area contributed by atoms with Crippen LogP contribution < -0.4 is 16.0 Å². The zero-order valence-corrected chi connectivity index (χ0v) is 11.4. The van der Waals surface area contributed by atoms with Crippen LogP contribution in [0.1, 0.15) is 21.4 Å². The Bertz CT molecular complexity index is 566. The number of rotatable bonds is 4. The Hall–Kier alpha value is -1.57. The molecule has 1 atom stereocenters. The number of alkyl halides is 3. The average molecular weight is 302 g/mol. The van der Waals surface area contributed by atoms with Gasteiger partial charge < -0.3 is 4.74 Å². The maximum Gasteiger partial charge on any atom is 0.573 e. The molecule has 0 amide bonds. The Labute approximate surface area is 118 Å². The Kier molecular flexibility index (Phi) is 4.32. The van der Waals surface area contributed by atoms with Crippen LogP contribution in [0.2, 0.25) is 0 Å². The van der Waals surface area contributed by atoms with Crippen molar-refractivity contribution in [3.05, 3.63) is 51.7 Å². The van der Waals surface area contributed by atoms with E-state index in [0.717, 1.165) is 15.3 Å². The molecule has 20 heavy (non-hydrogen) atoms. The number of hydrogen-bond acceptors (Lipinski definition) is 4. The van der Waals surface area contributed by atoms with Gasteiger partial charge in [0.05, 0.1) is 6.04 Å². The summed E-state index contributed by atoms with van der Waals surface area (Å²) in [5.74, 6) is 5.28. The normalized spacial score (nSPS) is 13.2. The number of halogens is 3. The first-order valence-electron chi connectivity index (χ1n) is 5.77. The first kappa shape index (κ1) is 14.8. The van der Waals surface area contributed by atoms with Crippen molar-refractivity contribution >= 4 is 11.3 Å². The fourth-order valence-electron chi connectivity index (χ4n) is 1.81. The number of nitrogens with two attached hydrogens (primary N) is 1. The zero-order valence-electron chi connectivity index (χ0n) is 10.6. The molecule has 1 unspecified atom stereocenters. The Morgan fingerprint density at radius 1 is 1.15 bits per heavy atom. The van der Waals surface area contributed by atoms with Crippen LogP contribution >= 0.6 is 11.3 Å². The largest absolute Gasteiger partial charge is 0.573 e. The molecule has 108 valence electrons. The monoisotopic (exact) mass is 302 g/mol. The van der Waals surface area contributed by atoms with Gasteiger partial charge in [-0.25, -0.2) is 5.43 Å². The predicted octanol–water partition coefficient (Wildman–Crippen LogP) is 3.51. The molecule has 1 heterocycles. The average Bonchev–Trinajstić information content (AvgIpc) is 2.77. The van der Waals surface area contributed by atoms with Crippen LogP contribution in [0, 0.1) is 6.92 Å². The second-order valence-corrected chi connectivity index (χ2v) is 5.48. The summed E-state index contributed by atoms with van der Waals surface area (Å²) in [6, 6.07) is 9.30. The summed E-state index contributed by atoms with van der Waals surface area (Å²) in [7, 11) is 0. The van der Waals surface area contributed by atoms with Crippen LogP contribution in [0.5, 0.6) is 5.75 Å². The molecular formula is C13H13F3N2OS. The molecular weight excluding hydrogens is 289 g/mol. The fourth-order valence-corrected chi connectivity index (χ4v) is 2.78. The molecule has 0 aliphatic rings. The van der Waals surface area contributed by atoms with Crippen LogP contribution in [0.4, 0.5) is 13.2 Å². The van der Waals surface area contributed by atoms with E-state index in [0.29, 0.717) is 0 Å². The summed E-state index contributed by atoms with van der Waals surface area (Å²) >= 11 is 1.58. The number of nitrogens with one attached hydrogen (secondary N) is 1. The molecule has 1 aromatic heterocycles. The predicted molar refractivity (Wildman–Crippen MR) is 71.3 cm³/mol. The molecule has 0 fully saturated rings. The SMILES string of the molecule is Cc1ccc(C(NN)c2ccc(OC(F)(F)F)cc2)s1. The third kappa shape index (κ3) is 3.72. The van der Waals surface area contributed by atoms with Crippen LogP contribution in [-0.2, 0) is 0 Å². The fraction of sp³-hybridized carbons (Fsp3) is 0.231. The second-order valence-electron chi connectivity index (χ2n) is 4.16. The molecule has 0 radical (unpaired) electrons. The smallest absolute Gasteiger partial charge is 0.406 e. The van der Waals surface area contributed by atoms with Crippen molar-refractivity contribution in [3.8, 4) is 5.75 Å². The third-order valence-corrected chi connectivity index (χ3v) is 3.72. The van der Waals surface area contributed by atoms with Crippen LogP contribution in [-0.4, -0.2) is 6.36 Å². The highest BCUT2D eigenvalue weighted by Gasteiger charge is 2.31. The summed E-state index contributed by atoms with van der Waals surface area (Å²) in [6.07, 6.45) is -4.68. The topological polar surface area (TPSA) is 47.3 Å². The molecule has 0 spiro atoms. The van der Waals surface area contributed by atoms with E-state index in [1.165, 1.54) is 12.1 Å². The van der Waals surface area contributed by atoms with Gasteiger partial charge in [-0.05, 0) is 36.8 Å². The highest BCUT2D eigenvalue weighted by Crippen LogP contribution is 2.30. The summed E-state index contributed by atoms with van der Waals surface area (Å²) in [5.41, 5.74) is 3.43. The maximum absolute atomic E-state index is 12.1. The maximum atomic E-state index is 12.1. The van der Waals surface area contributed by atoms with Crippen LogP contribution in [0.3, 0.4) is 0 Å². The van der Waals surface area contributed by atoms with E-state index < -0.39 is 6.36 Å². The molecule has 0 aliphatic carbocycles. The number of thiophene rings is 1. The Morgan fingerprint density at radius 2 is 1.80 bits per heavy atom. The molecule has 0 aliphatic heterocycles. The number of hydrogen-bond donors (Lipinski definition) is 2. The molecule has 0 saturated carbocycles. The third-order valence-electron chi connectivity index (χ3n) is 2.66. The van der Waals surface area contributed by atoms with E-state index in [2.05, 4.69) is 10.2 Å². The molecule has 2 aromatic rings. The lowest BCUT2D eigenvalue weighted by molar-refractivity contribution is -0.274. The van der Waals surface area contributed by atoms with Crippen molar-refractivity contribution in [2.24, 2.45) is 5.84 Å². The van der Waals surface area contributed by atoms with Gasteiger partial charge in [-0.1, -0.05) is 12.1 Å². The zero-order chi connectivity index (χ0) is 14.8. The Balaban J connectivity index is 2.19. The van der Waals surface area contributed by atoms with Gasteiger partial charge in [0.2, 0.25) is 0 Å². The van der Waals surface area contributed by atoms with Gasteiger partial charge in [0.15, 0.2) is 0 Å². The van der Waals surface area contributed by atoms with Crippen molar-refractivity contribution in [3.63, 3.8) is 0 Å². The lowest BCUT2D eigenvalue weighted by atomic mass is 10.1. The van der Waals surface area contributed by atoms with Crippen LogP contribution in [0.15, 0.2) is 36.4 Å². The number of benzene rings is 1. The van der Waals surface area contributed by atoms with E-state index in [9.17, 15) is 13.2 Å². The first-order valence-corrected chi connectivity index (χ1v) is 6.59. The van der Waals surface area contributed by atoms with Crippen molar-refractivity contribution in [2.75, 3.05) is 0 Å². The number of hydrazine groups is 1. The van der Waals surface area contributed by atoms with Crippen molar-refractivity contribution < 1.29 is 17.9 Å². The van der Waals surface area contributed by atoms with E-state index in [4.69, 9.17) is 5.84 Å². The minimum atomic E-state index is -4.68. The molecule has 2 rings (SSSR count). The van der Waals surface area contributed by atoms with Crippen molar-refractivity contribution in [1.29, 1.82) is 0 Å². The van der Waals surface area contributed by atoms with Gasteiger partial charge in [0.25, 0.3) is 0 Å².